The number of aryl methyl sites for hydroxylation is 1. The Morgan fingerprint density at radius 3 is 2.55 bits per heavy atom. The molecule has 154 valence electrons. The summed E-state index contributed by atoms with van der Waals surface area (Å²) in [6.45, 7) is 3.33. The lowest BCUT2D eigenvalue weighted by Crippen LogP contribution is -2.41. The van der Waals surface area contributed by atoms with Crippen LogP contribution >= 0.6 is 0 Å². The summed E-state index contributed by atoms with van der Waals surface area (Å²) in [5.74, 6) is -0.158. The lowest BCUT2D eigenvalue weighted by Gasteiger charge is -2.28. The van der Waals surface area contributed by atoms with Gasteiger partial charge in [-0.15, -0.1) is 0 Å². The molecule has 29 heavy (non-hydrogen) atoms. The van der Waals surface area contributed by atoms with Crippen LogP contribution in [0.3, 0.4) is 0 Å². The number of hydrogen-bond acceptors (Lipinski definition) is 5. The van der Waals surface area contributed by atoms with Crippen LogP contribution in [0.1, 0.15) is 24.6 Å². The number of rotatable bonds is 5. The van der Waals surface area contributed by atoms with Crippen molar-refractivity contribution in [2.24, 2.45) is 7.05 Å². The summed E-state index contributed by atoms with van der Waals surface area (Å²) < 4.78 is 13.0. The lowest BCUT2D eigenvalue weighted by atomic mass is 10.1. The van der Waals surface area contributed by atoms with E-state index in [1.807, 2.05) is 19.3 Å². The summed E-state index contributed by atoms with van der Waals surface area (Å²) in [4.78, 5) is 27.1. The van der Waals surface area contributed by atoms with Crippen LogP contribution in [0.5, 0.6) is 11.5 Å². The van der Waals surface area contributed by atoms with Gasteiger partial charge in [0, 0.05) is 37.2 Å². The average molecular weight is 398 g/mol. The number of carbonyl (C=O) groups excluding carboxylic acids is 2. The van der Waals surface area contributed by atoms with E-state index in [1.165, 1.54) is 0 Å². The van der Waals surface area contributed by atoms with Crippen molar-refractivity contribution in [2.45, 2.75) is 18.9 Å². The minimum Gasteiger partial charge on any atom is -0.486 e. The second kappa shape index (κ2) is 8.57. The van der Waals surface area contributed by atoms with Crippen LogP contribution in [0, 0.1) is 0 Å². The number of nitrogens with one attached hydrogen (secondary N) is 2. The molecule has 8 heteroatoms. The lowest BCUT2D eigenvalue weighted by molar-refractivity contribution is -0.136. The molecule has 1 fully saturated rings. The monoisotopic (exact) mass is 398 g/mol. The molecule has 4 rings (SSSR count). The van der Waals surface area contributed by atoms with Crippen molar-refractivity contribution in [3.63, 3.8) is 0 Å². The van der Waals surface area contributed by atoms with Crippen LogP contribution < -0.4 is 20.1 Å². The molecule has 2 aliphatic heterocycles. The first-order chi connectivity index (χ1) is 14.1. The smallest absolute Gasteiger partial charge is 0.313 e. The van der Waals surface area contributed by atoms with Crippen LogP contribution in [0.2, 0.25) is 0 Å². The zero-order valence-corrected chi connectivity index (χ0v) is 16.5. The van der Waals surface area contributed by atoms with E-state index in [2.05, 4.69) is 26.2 Å². The highest BCUT2D eigenvalue weighted by Crippen LogP contribution is 2.32. The Labute approximate surface area is 169 Å². The molecule has 1 aromatic heterocycles. The topological polar surface area (TPSA) is 84.8 Å². The first-order valence-electron chi connectivity index (χ1n) is 9.96. The normalized spacial score (nSPS) is 17.0. The summed E-state index contributed by atoms with van der Waals surface area (Å²) in [5, 5.41) is 5.42. The predicted molar refractivity (Wildman–Crippen MR) is 108 cm³/mol. The van der Waals surface area contributed by atoms with Crippen molar-refractivity contribution >= 4 is 17.5 Å². The summed E-state index contributed by atoms with van der Waals surface area (Å²) >= 11 is 0. The Bertz CT molecular complexity index is 889. The third-order valence-corrected chi connectivity index (χ3v) is 5.37. The Hall–Kier alpha value is -3.00. The number of benzene rings is 1. The van der Waals surface area contributed by atoms with Crippen molar-refractivity contribution < 1.29 is 19.1 Å². The molecule has 1 saturated heterocycles. The van der Waals surface area contributed by atoms with Gasteiger partial charge in [-0.05, 0) is 50.2 Å². The summed E-state index contributed by atoms with van der Waals surface area (Å²) in [6, 6.07) is 9.18. The molecule has 1 aromatic carbocycles. The van der Waals surface area contributed by atoms with Gasteiger partial charge in [0.1, 0.15) is 13.2 Å². The van der Waals surface area contributed by atoms with Crippen molar-refractivity contribution in [2.75, 3.05) is 38.2 Å². The Morgan fingerprint density at radius 1 is 1.07 bits per heavy atom. The average Bonchev–Trinajstić information content (AvgIpc) is 3.40. The SMILES string of the molecule is Cn1cccc1[C@@H](CNC(=O)C(=O)Nc1ccc2c(c1)OCCO2)N1CCCC1. The van der Waals surface area contributed by atoms with E-state index >= 15 is 0 Å². The standard InChI is InChI=1S/C21H26N4O4/c1-24-8-4-5-16(24)17(25-9-2-3-10-25)14-22-20(26)21(27)23-15-6-7-18-19(13-15)29-12-11-28-18/h4-8,13,17H,2-3,9-12,14H2,1H3,(H,22,26)(H,23,27)/t17-/m1/s1. The highest BCUT2D eigenvalue weighted by Gasteiger charge is 2.26. The van der Waals surface area contributed by atoms with Gasteiger partial charge >= 0.3 is 11.8 Å². The zero-order chi connectivity index (χ0) is 20.2. The summed E-state index contributed by atoms with van der Waals surface area (Å²) in [6.07, 6.45) is 4.30. The molecule has 8 nitrogen and oxygen atoms in total. The van der Waals surface area contributed by atoms with Crippen LogP contribution in [0.25, 0.3) is 0 Å². The van der Waals surface area contributed by atoms with E-state index in [1.54, 1.807) is 18.2 Å². The van der Waals surface area contributed by atoms with Gasteiger partial charge in [-0.2, -0.15) is 0 Å². The minimum absolute atomic E-state index is 0.0449. The number of aromatic nitrogens is 1. The number of likely N-dealkylation sites (tertiary alicyclic amines) is 1. The van der Waals surface area contributed by atoms with E-state index < -0.39 is 11.8 Å². The van der Waals surface area contributed by atoms with Crippen LogP contribution in [-0.4, -0.2) is 54.1 Å². The summed E-state index contributed by atoms with van der Waals surface area (Å²) in [7, 11) is 1.99. The van der Waals surface area contributed by atoms with Gasteiger partial charge < -0.3 is 24.7 Å². The van der Waals surface area contributed by atoms with E-state index in [0.29, 0.717) is 36.9 Å². The van der Waals surface area contributed by atoms with Crippen molar-refractivity contribution in [3.05, 3.63) is 42.2 Å². The quantitative estimate of drug-likeness (QED) is 0.749. The Morgan fingerprint density at radius 2 is 1.83 bits per heavy atom. The molecule has 2 aliphatic rings. The highest BCUT2D eigenvalue weighted by atomic mass is 16.6. The largest absolute Gasteiger partial charge is 0.486 e. The summed E-state index contributed by atoms with van der Waals surface area (Å²) in [5.41, 5.74) is 1.62. The van der Waals surface area contributed by atoms with Gasteiger partial charge in [0.05, 0.1) is 6.04 Å². The minimum atomic E-state index is -0.700. The molecule has 0 aliphatic carbocycles. The van der Waals surface area contributed by atoms with Crippen molar-refractivity contribution in [1.29, 1.82) is 0 Å². The third kappa shape index (κ3) is 4.37. The Balaban J connectivity index is 1.37. The molecule has 2 aromatic rings. The molecule has 2 amide bonds. The van der Waals surface area contributed by atoms with Crippen LogP contribution in [-0.2, 0) is 16.6 Å². The molecule has 2 N–H and O–H groups in total. The second-order valence-electron chi connectivity index (χ2n) is 7.33. The second-order valence-corrected chi connectivity index (χ2v) is 7.33. The maximum atomic E-state index is 12.4. The van der Waals surface area contributed by atoms with Gasteiger partial charge in [-0.25, -0.2) is 0 Å². The number of amides is 2. The van der Waals surface area contributed by atoms with Gasteiger partial charge in [0.2, 0.25) is 0 Å². The first kappa shape index (κ1) is 19.3. The number of fused-ring (bicyclic) bond motifs is 1. The molecule has 3 heterocycles. The van der Waals surface area contributed by atoms with E-state index in [9.17, 15) is 9.59 Å². The number of ether oxygens (including phenoxy) is 2. The molecular formula is C21H26N4O4. The van der Waals surface area contributed by atoms with E-state index in [0.717, 1.165) is 31.6 Å². The maximum absolute atomic E-state index is 12.4. The number of anilines is 1. The number of nitrogens with zero attached hydrogens (tertiary/aromatic N) is 2. The molecule has 0 saturated carbocycles. The zero-order valence-electron chi connectivity index (χ0n) is 16.5. The fourth-order valence-electron chi connectivity index (χ4n) is 3.87. The van der Waals surface area contributed by atoms with Gasteiger partial charge in [0.25, 0.3) is 0 Å². The van der Waals surface area contributed by atoms with Crippen LogP contribution in [0.15, 0.2) is 36.5 Å². The van der Waals surface area contributed by atoms with Crippen molar-refractivity contribution in [3.8, 4) is 11.5 Å². The van der Waals surface area contributed by atoms with Gasteiger partial charge in [-0.1, -0.05) is 0 Å². The Kier molecular flexibility index (Phi) is 5.71. The predicted octanol–water partition coefficient (Wildman–Crippen LogP) is 1.69. The van der Waals surface area contributed by atoms with Gasteiger partial charge in [-0.3, -0.25) is 14.5 Å². The van der Waals surface area contributed by atoms with E-state index in [-0.39, 0.29) is 6.04 Å². The first-order valence-corrected chi connectivity index (χ1v) is 9.96. The molecule has 0 bridgehead atoms. The molecular weight excluding hydrogens is 372 g/mol. The fourth-order valence-corrected chi connectivity index (χ4v) is 3.87. The van der Waals surface area contributed by atoms with E-state index in [4.69, 9.17) is 9.47 Å². The molecule has 1 atom stereocenters. The maximum Gasteiger partial charge on any atom is 0.313 e. The van der Waals surface area contributed by atoms with Crippen molar-refractivity contribution in [1.82, 2.24) is 14.8 Å². The number of hydrogen-bond donors (Lipinski definition) is 2. The molecule has 0 radical (unpaired) electrons. The van der Waals surface area contributed by atoms with Gasteiger partial charge in [0.15, 0.2) is 11.5 Å². The molecule has 0 spiro atoms. The number of carbonyl (C=O) groups is 2. The fraction of sp³-hybridized carbons (Fsp3) is 0.429. The van der Waals surface area contributed by atoms with Crippen LogP contribution in [0.4, 0.5) is 5.69 Å². The highest BCUT2D eigenvalue weighted by molar-refractivity contribution is 6.39. The third-order valence-electron chi connectivity index (χ3n) is 5.37. The molecule has 0 unspecified atom stereocenters.